The van der Waals surface area contributed by atoms with E-state index in [1.165, 1.54) is 167 Å². The third-order valence-corrected chi connectivity index (χ3v) is 17.9. The minimum absolute atomic E-state index is 0.113. The molecule has 0 saturated carbocycles. The van der Waals surface area contributed by atoms with E-state index in [-0.39, 0.29) is 38.5 Å². The lowest BCUT2D eigenvalue weighted by Gasteiger charge is -2.40. The predicted molar refractivity (Wildman–Crippen MR) is 353 cm³/mol. The SMILES string of the molecule is CCCCCCCCC=CCCCCCCCC(=O)[C@@](O)(C(=O)C(O)CCCCCCCCCCCCCCC)[C@@H](O)[C@H](O)[C@@](O)(C(=O)CCCCCCCC=CCCCCCCCC)C(=O)C(O)CCCCCCCCCCCCCCC. The van der Waals surface area contributed by atoms with Crippen LogP contribution >= 0.6 is 0 Å². The van der Waals surface area contributed by atoms with Gasteiger partial charge in [-0.3, -0.25) is 19.2 Å². The number of rotatable bonds is 67. The minimum Gasteiger partial charge on any atom is -0.386 e. The van der Waals surface area contributed by atoms with Crippen LogP contribution in [0.3, 0.4) is 0 Å². The van der Waals surface area contributed by atoms with Gasteiger partial charge in [0.2, 0.25) is 22.8 Å². The molecule has 10 heteroatoms. The highest BCUT2D eigenvalue weighted by Gasteiger charge is 2.62. The van der Waals surface area contributed by atoms with Crippen LogP contribution in [0.25, 0.3) is 0 Å². The summed E-state index contributed by atoms with van der Waals surface area (Å²) in [6.45, 7) is 8.91. The molecule has 0 aromatic rings. The van der Waals surface area contributed by atoms with Crippen molar-refractivity contribution < 1.29 is 49.8 Å². The van der Waals surface area contributed by atoms with Gasteiger partial charge in [-0.25, -0.2) is 0 Å². The number of carbonyl (C=O) groups is 4. The summed E-state index contributed by atoms with van der Waals surface area (Å²) in [6, 6.07) is 0. The van der Waals surface area contributed by atoms with Gasteiger partial charge in [0.25, 0.3) is 0 Å². The third-order valence-electron chi connectivity index (χ3n) is 17.9. The second-order valence-corrected chi connectivity index (χ2v) is 25.8. The maximum Gasteiger partial charge on any atom is 0.212 e. The fourth-order valence-electron chi connectivity index (χ4n) is 11.9. The first-order valence-corrected chi connectivity index (χ1v) is 36.4. The monoisotopic (exact) mass is 1190 g/mol. The lowest BCUT2D eigenvalue weighted by Crippen LogP contribution is -2.70. The van der Waals surface area contributed by atoms with Gasteiger partial charge in [0.1, 0.15) is 24.4 Å². The molecule has 0 radical (unpaired) electrons. The summed E-state index contributed by atoms with van der Waals surface area (Å²) in [7, 11) is 0. The first-order chi connectivity index (χ1) is 40.8. The van der Waals surface area contributed by atoms with Gasteiger partial charge >= 0.3 is 0 Å². The molecule has 0 rings (SSSR count). The average Bonchev–Trinajstić information content (AvgIpc) is 3.49. The first-order valence-electron chi connectivity index (χ1n) is 36.4. The Kier molecular flexibility index (Phi) is 57.1. The zero-order valence-electron chi connectivity index (χ0n) is 55.5. The molecule has 2 unspecified atom stereocenters. The highest BCUT2D eigenvalue weighted by atomic mass is 16.4. The van der Waals surface area contributed by atoms with Crippen LogP contribution in [0.15, 0.2) is 24.3 Å². The van der Waals surface area contributed by atoms with Crippen LogP contribution in [-0.2, 0) is 19.2 Å². The smallest absolute Gasteiger partial charge is 0.212 e. The van der Waals surface area contributed by atoms with Crippen molar-refractivity contribution in [2.24, 2.45) is 0 Å². The maximum atomic E-state index is 14.3. The number of Topliss-reactive ketones (excluding diaryl/α,β-unsaturated/α-hetero) is 4. The summed E-state index contributed by atoms with van der Waals surface area (Å²) in [6.07, 6.45) is 53.0. The Morgan fingerprint density at radius 2 is 0.452 bits per heavy atom. The van der Waals surface area contributed by atoms with Crippen molar-refractivity contribution in [2.45, 2.75) is 423 Å². The van der Waals surface area contributed by atoms with Crippen molar-refractivity contribution in [1.29, 1.82) is 0 Å². The fourth-order valence-corrected chi connectivity index (χ4v) is 11.9. The van der Waals surface area contributed by atoms with Crippen LogP contribution in [0.1, 0.15) is 387 Å². The van der Waals surface area contributed by atoms with Crippen molar-refractivity contribution >= 4 is 23.1 Å². The molecule has 0 bridgehead atoms. The summed E-state index contributed by atoms with van der Waals surface area (Å²) in [5.41, 5.74) is -6.90. The van der Waals surface area contributed by atoms with Gasteiger partial charge in [0.15, 0.2) is 11.6 Å². The molecule has 494 valence electrons. The van der Waals surface area contributed by atoms with Crippen molar-refractivity contribution in [3.05, 3.63) is 24.3 Å². The standard InChI is InChI=1S/C74H138O10/c1-5-9-13-17-21-25-29-33-35-39-43-47-51-55-59-63-67(77)73(83,69(79)65(75)61-57-53-49-45-41-37-31-27-23-19-15-11-7-3)71(81)72(82)74(84,68(78)64-60-56-52-48-44-40-36-34-30-26-22-18-14-10-6-2)70(80)66(76)62-58-54-50-46-42-38-32-28-24-20-16-12-8-4/h33-36,65-66,71-72,75-76,81-84H,5-32,37-64H2,1-4H3/t65?,66?,71-,72-,73+,74+/m0/s1. The van der Waals surface area contributed by atoms with Crippen molar-refractivity contribution in [3.8, 4) is 0 Å². The van der Waals surface area contributed by atoms with Crippen LogP contribution in [0.5, 0.6) is 0 Å². The van der Waals surface area contributed by atoms with Gasteiger partial charge in [-0.1, -0.05) is 322 Å². The quantitative estimate of drug-likeness (QED) is 0.0194. The molecular formula is C74H138O10. The zero-order valence-corrected chi connectivity index (χ0v) is 55.5. The molecule has 0 amide bonds. The molecule has 0 aliphatic rings. The number of aliphatic hydroxyl groups is 6. The molecule has 0 aromatic heterocycles. The number of carbonyl (C=O) groups excluding carboxylic acids is 4. The number of ketones is 4. The Morgan fingerprint density at radius 3 is 0.667 bits per heavy atom. The van der Waals surface area contributed by atoms with E-state index in [0.717, 1.165) is 116 Å². The molecule has 0 heterocycles. The van der Waals surface area contributed by atoms with Crippen molar-refractivity contribution in [3.63, 3.8) is 0 Å². The summed E-state index contributed by atoms with van der Waals surface area (Å²) < 4.78 is 0. The van der Waals surface area contributed by atoms with Gasteiger partial charge in [0, 0.05) is 12.8 Å². The van der Waals surface area contributed by atoms with Crippen LogP contribution in [0.2, 0.25) is 0 Å². The van der Waals surface area contributed by atoms with Crippen LogP contribution in [0.4, 0.5) is 0 Å². The number of unbranched alkanes of at least 4 members (excludes halogenated alkanes) is 46. The fraction of sp³-hybridized carbons (Fsp3) is 0.892. The second kappa shape index (κ2) is 58.6. The second-order valence-electron chi connectivity index (χ2n) is 25.8. The largest absolute Gasteiger partial charge is 0.386 e. The molecule has 0 saturated heterocycles. The lowest BCUT2D eigenvalue weighted by molar-refractivity contribution is -0.202. The van der Waals surface area contributed by atoms with Gasteiger partial charge in [-0.2, -0.15) is 0 Å². The Labute approximate surface area is 517 Å². The van der Waals surface area contributed by atoms with Crippen LogP contribution in [-0.4, -0.2) is 89.4 Å². The molecule has 0 fully saturated rings. The minimum atomic E-state index is -3.45. The van der Waals surface area contributed by atoms with Crippen LogP contribution in [0, 0.1) is 0 Å². The van der Waals surface area contributed by atoms with E-state index in [0.29, 0.717) is 38.5 Å². The number of aliphatic hydroxyl groups excluding tert-OH is 4. The van der Waals surface area contributed by atoms with Crippen molar-refractivity contribution in [1.82, 2.24) is 0 Å². The number of allylic oxidation sites excluding steroid dienone is 4. The molecular weight excluding hydrogens is 1050 g/mol. The average molecular weight is 1190 g/mol. The van der Waals surface area contributed by atoms with Gasteiger partial charge < -0.3 is 30.6 Å². The van der Waals surface area contributed by atoms with E-state index in [1.54, 1.807) is 0 Å². The lowest BCUT2D eigenvalue weighted by atomic mass is 9.72. The Balaban J connectivity index is 6.10. The molecule has 10 nitrogen and oxygen atoms in total. The molecule has 0 aliphatic heterocycles. The molecule has 6 N–H and O–H groups in total. The molecule has 0 aliphatic carbocycles. The third kappa shape index (κ3) is 41.2. The molecule has 0 aromatic carbocycles. The Hall–Kier alpha value is -2.08. The van der Waals surface area contributed by atoms with Gasteiger partial charge in [-0.15, -0.1) is 0 Å². The van der Waals surface area contributed by atoms with E-state index in [4.69, 9.17) is 0 Å². The topological polar surface area (TPSA) is 190 Å². The summed E-state index contributed by atoms with van der Waals surface area (Å²) in [5.74, 6) is -5.18. The highest BCUT2D eigenvalue weighted by Crippen LogP contribution is 2.32. The summed E-state index contributed by atoms with van der Waals surface area (Å²) in [4.78, 5) is 57.3. The Bertz CT molecular complexity index is 1460. The van der Waals surface area contributed by atoms with E-state index < -0.39 is 58.8 Å². The molecule has 84 heavy (non-hydrogen) atoms. The van der Waals surface area contributed by atoms with E-state index in [1.807, 2.05) is 0 Å². The van der Waals surface area contributed by atoms with Crippen LogP contribution < -0.4 is 0 Å². The maximum absolute atomic E-state index is 14.3. The van der Waals surface area contributed by atoms with E-state index >= 15 is 0 Å². The first kappa shape index (κ1) is 81.9. The molecule has 6 atom stereocenters. The zero-order chi connectivity index (χ0) is 62.0. The van der Waals surface area contributed by atoms with E-state index in [2.05, 4.69) is 52.0 Å². The number of hydrogen-bond acceptors (Lipinski definition) is 10. The summed E-state index contributed by atoms with van der Waals surface area (Å²) >= 11 is 0. The summed E-state index contributed by atoms with van der Waals surface area (Å²) in [5, 5.41) is 71.5. The Morgan fingerprint density at radius 1 is 0.274 bits per heavy atom. The van der Waals surface area contributed by atoms with Crippen molar-refractivity contribution in [2.75, 3.05) is 0 Å². The van der Waals surface area contributed by atoms with E-state index in [9.17, 15) is 49.8 Å². The van der Waals surface area contributed by atoms with Gasteiger partial charge in [-0.05, 0) is 77.0 Å². The normalized spacial score (nSPS) is 14.9. The molecule has 0 spiro atoms. The highest BCUT2D eigenvalue weighted by molar-refractivity contribution is 6.15. The number of hydrogen-bond donors (Lipinski definition) is 6. The van der Waals surface area contributed by atoms with Gasteiger partial charge in [0.05, 0.1) is 0 Å². The predicted octanol–water partition coefficient (Wildman–Crippen LogP) is 19.2.